The van der Waals surface area contributed by atoms with E-state index in [0.717, 1.165) is 24.8 Å². The van der Waals surface area contributed by atoms with Crippen molar-refractivity contribution in [2.75, 3.05) is 11.1 Å². The summed E-state index contributed by atoms with van der Waals surface area (Å²) in [5, 5.41) is 3.25. The molecule has 0 saturated heterocycles. The highest BCUT2D eigenvalue weighted by Crippen LogP contribution is 2.17. The third kappa shape index (κ3) is 5.60. The summed E-state index contributed by atoms with van der Waals surface area (Å²) in [6, 6.07) is 6.84. The van der Waals surface area contributed by atoms with E-state index in [0.29, 0.717) is 11.8 Å². The summed E-state index contributed by atoms with van der Waals surface area (Å²) in [5.74, 6) is 1.38. The van der Waals surface area contributed by atoms with E-state index in [1.54, 1.807) is 31.2 Å². The van der Waals surface area contributed by atoms with Crippen LogP contribution < -0.4 is 15.8 Å². The van der Waals surface area contributed by atoms with Gasteiger partial charge in [-0.1, -0.05) is 19.1 Å². The minimum absolute atomic E-state index is 0.162. The molecule has 0 radical (unpaired) electrons. The van der Waals surface area contributed by atoms with Crippen molar-refractivity contribution >= 4 is 11.9 Å². The van der Waals surface area contributed by atoms with Crippen molar-refractivity contribution in [3.63, 3.8) is 0 Å². The maximum atomic E-state index is 12.1. The average molecular weight is 337 g/mol. The van der Waals surface area contributed by atoms with Gasteiger partial charge >= 0.3 is 6.61 Å². The Morgan fingerprint density at radius 3 is 2.46 bits per heavy atom. The number of aromatic nitrogens is 3. The second-order valence-corrected chi connectivity index (χ2v) is 5.38. The largest absolute Gasteiger partial charge is 0.435 e. The molecule has 0 amide bonds. The van der Waals surface area contributed by atoms with Crippen LogP contribution in [0.4, 0.5) is 20.7 Å². The number of hydrogen-bond donors (Lipinski definition) is 2. The molecule has 1 heterocycles. The molecular weight excluding hydrogens is 316 g/mol. The predicted octanol–water partition coefficient (Wildman–Crippen LogP) is 3.19. The molecule has 0 saturated carbocycles. The molecule has 0 fully saturated rings. The molecular formula is C16H21F2N5O. The number of nitrogens with zero attached hydrogens (tertiary/aromatic N) is 3. The van der Waals surface area contributed by atoms with Crippen LogP contribution in [-0.2, 0) is 6.42 Å². The Balaban J connectivity index is 1.91. The summed E-state index contributed by atoms with van der Waals surface area (Å²) < 4.78 is 28.6. The number of ether oxygens (including phenoxy) is 1. The third-order valence-electron chi connectivity index (χ3n) is 3.52. The SMILES string of the molecule is CCC(CCc1ccc(OC(F)F)cc1)Nc1nc(C)nc(N)n1. The van der Waals surface area contributed by atoms with E-state index in [-0.39, 0.29) is 17.7 Å². The van der Waals surface area contributed by atoms with Gasteiger partial charge in [-0.05, 0) is 43.9 Å². The molecule has 8 heteroatoms. The highest BCUT2D eigenvalue weighted by Gasteiger charge is 2.10. The number of aryl methyl sites for hydroxylation is 2. The van der Waals surface area contributed by atoms with Crippen molar-refractivity contribution in [1.82, 2.24) is 15.0 Å². The highest BCUT2D eigenvalue weighted by atomic mass is 19.3. The van der Waals surface area contributed by atoms with Gasteiger partial charge in [0.15, 0.2) is 0 Å². The number of anilines is 2. The van der Waals surface area contributed by atoms with Gasteiger partial charge in [0.1, 0.15) is 11.6 Å². The van der Waals surface area contributed by atoms with Crippen LogP contribution in [0.3, 0.4) is 0 Å². The van der Waals surface area contributed by atoms with Crippen molar-refractivity contribution < 1.29 is 13.5 Å². The van der Waals surface area contributed by atoms with Gasteiger partial charge in [-0.2, -0.15) is 23.7 Å². The van der Waals surface area contributed by atoms with Gasteiger partial charge in [-0.25, -0.2) is 0 Å². The molecule has 0 aliphatic heterocycles. The van der Waals surface area contributed by atoms with Crippen LogP contribution in [0.25, 0.3) is 0 Å². The van der Waals surface area contributed by atoms with Gasteiger partial charge in [-0.3, -0.25) is 0 Å². The van der Waals surface area contributed by atoms with Gasteiger partial charge < -0.3 is 15.8 Å². The van der Waals surface area contributed by atoms with Crippen LogP contribution in [0.5, 0.6) is 5.75 Å². The Morgan fingerprint density at radius 2 is 1.88 bits per heavy atom. The van der Waals surface area contributed by atoms with E-state index >= 15 is 0 Å². The zero-order valence-corrected chi connectivity index (χ0v) is 13.7. The maximum absolute atomic E-state index is 12.1. The molecule has 1 atom stereocenters. The number of halogens is 2. The molecule has 0 spiro atoms. The first-order chi connectivity index (χ1) is 11.5. The Kier molecular flexibility index (Phi) is 6.22. The van der Waals surface area contributed by atoms with Gasteiger partial charge in [-0.15, -0.1) is 0 Å². The summed E-state index contributed by atoms with van der Waals surface area (Å²) in [6.07, 6.45) is 2.52. The van der Waals surface area contributed by atoms with Crippen LogP contribution in [0.15, 0.2) is 24.3 Å². The molecule has 1 aromatic heterocycles. The fraction of sp³-hybridized carbons (Fsp3) is 0.438. The van der Waals surface area contributed by atoms with E-state index in [1.165, 1.54) is 0 Å². The molecule has 2 rings (SSSR count). The van der Waals surface area contributed by atoms with E-state index in [1.807, 2.05) is 0 Å². The number of benzene rings is 1. The zero-order valence-electron chi connectivity index (χ0n) is 13.7. The molecule has 0 aliphatic carbocycles. The number of nitrogens with two attached hydrogens (primary N) is 1. The zero-order chi connectivity index (χ0) is 17.5. The lowest BCUT2D eigenvalue weighted by Gasteiger charge is -2.17. The number of alkyl halides is 2. The summed E-state index contributed by atoms with van der Waals surface area (Å²) >= 11 is 0. The number of rotatable bonds is 8. The molecule has 1 unspecified atom stereocenters. The Labute approximate surface area is 139 Å². The van der Waals surface area contributed by atoms with Crippen LogP contribution in [0.1, 0.15) is 31.2 Å². The number of nitrogen functional groups attached to an aromatic ring is 1. The topological polar surface area (TPSA) is 86.0 Å². The quantitative estimate of drug-likeness (QED) is 0.769. The van der Waals surface area contributed by atoms with Gasteiger partial charge in [0, 0.05) is 6.04 Å². The van der Waals surface area contributed by atoms with Crippen molar-refractivity contribution in [2.45, 2.75) is 45.8 Å². The smallest absolute Gasteiger partial charge is 0.387 e. The Bertz CT molecular complexity index is 631. The molecule has 0 bridgehead atoms. The van der Waals surface area contributed by atoms with Crippen LogP contribution in [-0.4, -0.2) is 27.6 Å². The molecule has 3 N–H and O–H groups in total. The first-order valence-electron chi connectivity index (χ1n) is 7.74. The Hall–Kier alpha value is -2.51. The third-order valence-corrected chi connectivity index (χ3v) is 3.52. The fourth-order valence-corrected chi connectivity index (χ4v) is 2.31. The summed E-state index contributed by atoms with van der Waals surface area (Å²) in [6.45, 7) is 1.02. The van der Waals surface area contributed by atoms with Gasteiger partial charge in [0.05, 0.1) is 0 Å². The second-order valence-electron chi connectivity index (χ2n) is 5.38. The first kappa shape index (κ1) is 17.8. The minimum Gasteiger partial charge on any atom is -0.435 e. The summed E-state index contributed by atoms with van der Waals surface area (Å²) in [7, 11) is 0. The van der Waals surface area contributed by atoms with Crippen LogP contribution >= 0.6 is 0 Å². The number of hydrogen-bond acceptors (Lipinski definition) is 6. The lowest BCUT2D eigenvalue weighted by Crippen LogP contribution is -2.21. The van der Waals surface area contributed by atoms with Gasteiger partial charge in [0.2, 0.25) is 11.9 Å². The molecule has 2 aromatic rings. The van der Waals surface area contributed by atoms with Crippen molar-refractivity contribution in [3.8, 4) is 5.75 Å². The predicted molar refractivity (Wildman–Crippen MR) is 88.1 cm³/mol. The maximum Gasteiger partial charge on any atom is 0.387 e. The normalized spacial score (nSPS) is 12.2. The fourth-order valence-electron chi connectivity index (χ4n) is 2.31. The van der Waals surface area contributed by atoms with E-state index in [4.69, 9.17) is 5.73 Å². The highest BCUT2D eigenvalue weighted by molar-refractivity contribution is 5.32. The molecule has 130 valence electrons. The summed E-state index contributed by atoms with van der Waals surface area (Å²) in [4.78, 5) is 12.2. The average Bonchev–Trinajstić information content (AvgIpc) is 2.51. The second kappa shape index (κ2) is 8.37. The van der Waals surface area contributed by atoms with Crippen LogP contribution in [0, 0.1) is 6.92 Å². The molecule has 6 nitrogen and oxygen atoms in total. The van der Waals surface area contributed by atoms with E-state index in [9.17, 15) is 8.78 Å². The first-order valence-corrected chi connectivity index (χ1v) is 7.74. The monoisotopic (exact) mass is 337 g/mol. The summed E-state index contributed by atoms with van der Waals surface area (Å²) in [5.41, 5.74) is 6.67. The van der Waals surface area contributed by atoms with Crippen molar-refractivity contribution in [1.29, 1.82) is 0 Å². The van der Waals surface area contributed by atoms with Crippen LogP contribution in [0.2, 0.25) is 0 Å². The standard InChI is InChI=1S/C16H21F2N5O/c1-3-12(22-16-21-10(2)20-15(19)23-16)7-4-11-5-8-13(9-6-11)24-14(17)18/h5-6,8-9,12,14H,3-4,7H2,1-2H3,(H3,19,20,21,22,23). The molecule has 0 aliphatic rings. The lowest BCUT2D eigenvalue weighted by molar-refractivity contribution is -0.0498. The number of nitrogens with one attached hydrogen (secondary N) is 1. The lowest BCUT2D eigenvalue weighted by atomic mass is 10.0. The van der Waals surface area contributed by atoms with Crippen molar-refractivity contribution in [3.05, 3.63) is 35.7 Å². The molecule has 1 aromatic carbocycles. The van der Waals surface area contributed by atoms with E-state index in [2.05, 4.69) is 31.9 Å². The van der Waals surface area contributed by atoms with Gasteiger partial charge in [0.25, 0.3) is 0 Å². The Morgan fingerprint density at radius 1 is 1.17 bits per heavy atom. The van der Waals surface area contributed by atoms with E-state index < -0.39 is 6.61 Å². The minimum atomic E-state index is -2.80. The van der Waals surface area contributed by atoms with Crippen molar-refractivity contribution in [2.24, 2.45) is 0 Å². The molecule has 24 heavy (non-hydrogen) atoms.